The van der Waals surface area contributed by atoms with E-state index in [1.54, 1.807) is 0 Å². The van der Waals surface area contributed by atoms with Crippen molar-refractivity contribution < 1.29 is 4.74 Å². The topological polar surface area (TPSA) is 36.3 Å². The van der Waals surface area contributed by atoms with Crippen LogP contribution in [0.5, 0.6) is 0 Å². The summed E-state index contributed by atoms with van der Waals surface area (Å²) in [4.78, 5) is 2.20. The van der Waals surface area contributed by atoms with Crippen LogP contribution in [0.2, 0.25) is 0 Å². The zero-order valence-corrected chi connectivity index (χ0v) is 11.7. The van der Waals surface area contributed by atoms with Crippen molar-refractivity contribution in [1.82, 2.24) is 4.90 Å². The number of fused-ring (bicyclic) bond motifs is 1. The Morgan fingerprint density at radius 3 is 2.60 bits per heavy atom. The molecule has 0 aromatic heterocycles. The van der Waals surface area contributed by atoms with Crippen molar-refractivity contribution in [2.45, 2.75) is 6.54 Å². The fourth-order valence-electron chi connectivity index (χ4n) is 2.76. The van der Waals surface area contributed by atoms with Crippen molar-refractivity contribution in [2.24, 2.45) is 5.41 Å². The van der Waals surface area contributed by atoms with Gasteiger partial charge in [0.25, 0.3) is 0 Å². The van der Waals surface area contributed by atoms with Crippen LogP contribution in [0.15, 0.2) is 42.5 Å². The molecule has 102 valence electrons. The first-order valence-electron chi connectivity index (χ1n) is 6.86. The van der Waals surface area contributed by atoms with Gasteiger partial charge in [-0.3, -0.25) is 0 Å². The summed E-state index contributed by atoms with van der Waals surface area (Å²) in [6.45, 7) is 2.74. The average molecular weight is 266 g/mol. The van der Waals surface area contributed by atoms with Crippen molar-refractivity contribution >= 4 is 10.8 Å². The number of hydrogen-bond donors (Lipinski definition) is 0. The van der Waals surface area contributed by atoms with E-state index in [9.17, 15) is 5.26 Å². The molecule has 1 saturated heterocycles. The second-order valence-corrected chi connectivity index (χ2v) is 5.74. The molecule has 0 saturated carbocycles. The van der Waals surface area contributed by atoms with E-state index in [1.807, 2.05) is 0 Å². The molecule has 3 nitrogen and oxygen atoms in total. The third-order valence-electron chi connectivity index (χ3n) is 3.83. The normalized spacial score (nSPS) is 16.9. The molecule has 0 amide bonds. The lowest BCUT2D eigenvalue weighted by Crippen LogP contribution is -2.48. The third kappa shape index (κ3) is 2.53. The molecule has 2 aromatic rings. The lowest BCUT2D eigenvalue weighted by atomic mass is 9.87. The SMILES string of the molecule is CN(Cc1ccc2ccccc2c1)CC1(C#N)COC1. The predicted molar refractivity (Wildman–Crippen MR) is 79.1 cm³/mol. The summed E-state index contributed by atoms with van der Waals surface area (Å²) in [5.74, 6) is 0. The average Bonchev–Trinajstić information content (AvgIpc) is 2.43. The molecule has 3 heteroatoms. The fraction of sp³-hybridized carbons (Fsp3) is 0.353. The Morgan fingerprint density at radius 2 is 1.95 bits per heavy atom. The molecular formula is C17H18N2O. The van der Waals surface area contributed by atoms with Gasteiger partial charge in [-0.1, -0.05) is 36.4 Å². The molecule has 0 unspecified atom stereocenters. The summed E-state index contributed by atoms with van der Waals surface area (Å²) in [7, 11) is 2.06. The highest BCUT2D eigenvalue weighted by Crippen LogP contribution is 2.27. The maximum absolute atomic E-state index is 9.24. The largest absolute Gasteiger partial charge is 0.378 e. The minimum atomic E-state index is -0.300. The highest BCUT2D eigenvalue weighted by atomic mass is 16.5. The van der Waals surface area contributed by atoms with E-state index < -0.39 is 0 Å². The maximum atomic E-state index is 9.24. The van der Waals surface area contributed by atoms with Crippen LogP contribution in [0.1, 0.15) is 5.56 Å². The van der Waals surface area contributed by atoms with Crippen molar-refractivity contribution in [3.8, 4) is 6.07 Å². The Morgan fingerprint density at radius 1 is 1.20 bits per heavy atom. The van der Waals surface area contributed by atoms with Crippen LogP contribution >= 0.6 is 0 Å². The molecule has 0 radical (unpaired) electrons. The zero-order chi connectivity index (χ0) is 14.0. The predicted octanol–water partition coefficient (Wildman–Crippen LogP) is 2.81. The van der Waals surface area contributed by atoms with Gasteiger partial charge in [0.05, 0.1) is 19.3 Å². The number of nitrogens with zero attached hydrogens (tertiary/aromatic N) is 2. The minimum absolute atomic E-state index is 0.300. The van der Waals surface area contributed by atoms with Crippen LogP contribution in [0, 0.1) is 16.7 Å². The monoisotopic (exact) mass is 266 g/mol. The van der Waals surface area contributed by atoms with Gasteiger partial charge in [0.2, 0.25) is 0 Å². The highest BCUT2D eigenvalue weighted by molar-refractivity contribution is 5.82. The molecule has 0 bridgehead atoms. The molecular weight excluding hydrogens is 248 g/mol. The Bertz CT molecular complexity index is 655. The van der Waals surface area contributed by atoms with Crippen molar-refractivity contribution in [3.05, 3.63) is 48.0 Å². The van der Waals surface area contributed by atoms with Gasteiger partial charge >= 0.3 is 0 Å². The van der Waals surface area contributed by atoms with E-state index in [2.05, 4.69) is 60.5 Å². The second kappa shape index (κ2) is 5.24. The number of benzene rings is 2. The van der Waals surface area contributed by atoms with Gasteiger partial charge in [0, 0.05) is 13.1 Å². The van der Waals surface area contributed by atoms with Gasteiger partial charge in [0.15, 0.2) is 0 Å². The van der Waals surface area contributed by atoms with E-state index in [1.165, 1.54) is 16.3 Å². The molecule has 0 atom stereocenters. The summed E-state index contributed by atoms with van der Waals surface area (Å²) in [6, 6.07) is 17.3. The van der Waals surface area contributed by atoms with Crippen LogP contribution in [-0.2, 0) is 11.3 Å². The van der Waals surface area contributed by atoms with Crippen LogP contribution in [0.3, 0.4) is 0 Å². The van der Waals surface area contributed by atoms with Gasteiger partial charge in [-0.25, -0.2) is 0 Å². The highest BCUT2D eigenvalue weighted by Gasteiger charge is 2.39. The Kier molecular flexibility index (Phi) is 3.43. The Labute approximate surface area is 119 Å². The van der Waals surface area contributed by atoms with Crippen molar-refractivity contribution in [1.29, 1.82) is 5.26 Å². The summed E-state index contributed by atoms with van der Waals surface area (Å²) in [5, 5.41) is 11.8. The van der Waals surface area contributed by atoms with Gasteiger partial charge in [-0.05, 0) is 29.4 Å². The molecule has 0 aliphatic carbocycles. The summed E-state index contributed by atoms with van der Waals surface area (Å²) in [5.41, 5.74) is 0.977. The first-order valence-corrected chi connectivity index (χ1v) is 6.86. The lowest BCUT2D eigenvalue weighted by molar-refractivity contribution is -0.0895. The molecule has 1 aliphatic heterocycles. The first-order chi connectivity index (χ1) is 9.71. The fourth-order valence-corrected chi connectivity index (χ4v) is 2.76. The maximum Gasteiger partial charge on any atom is 0.116 e. The van der Waals surface area contributed by atoms with Crippen molar-refractivity contribution in [3.63, 3.8) is 0 Å². The second-order valence-electron chi connectivity index (χ2n) is 5.74. The van der Waals surface area contributed by atoms with E-state index in [4.69, 9.17) is 4.74 Å². The quantitative estimate of drug-likeness (QED) is 0.853. The van der Waals surface area contributed by atoms with Crippen LogP contribution < -0.4 is 0 Å². The molecule has 1 aliphatic rings. The number of rotatable bonds is 4. The smallest absolute Gasteiger partial charge is 0.116 e. The van der Waals surface area contributed by atoms with Crippen LogP contribution in [0.4, 0.5) is 0 Å². The summed E-state index contributed by atoms with van der Waals surface area (Å²) < 4.78 is 5.19. The molecule has 0 N–H and O–H groups in total. The number of ether oxygens (including phenoxy) is 1. The van der Waals surface area contributed by atoms with Crippen LogP contribution in [0.25, 0.3) is 10.8 Å². The standard InChI is InChI=1S/C17H18N2O/c1-19(11-17(10-18)12-20-13-17)9-14-6-7-15-4-2-3-5-16(15)8-14/h2-8H,9,11-13H2,1H3. The van der Waals surface area contributed by atoms with E-state index >= 15 is 0 Å². The third-order valence-corrected chi connectivity index (χ3v) is 3.83. The van der Waals surface area contributed by atoms with Crippen molar-refractivity contribution in [2.75, 3.05) is 26.8 Å². The summed E-state index contributed by atoms with van der Waals surface area (Å²) >= 11 is 0. The molecule has 1 heterocycles. The van der Waals surface area contributed by atoms with Gasteiger partial charge in [-0.15, -0.1) is 0 Å². The molecule has 1 fully saturated rings. The van der Waals surface area contributed by atoms with Gasteiger partial charge < -0.3 is 9.64 Å². The summed E-state index contributed by atoms with van der Waals surface area (Å²) in [6.07, 6.45) is 0. The molecule has 2 aromatic carbocycles. The van der Waals surface area contributed by atoms with E-state index in [-0.39, 0.29) is 5.41 Å². The Balaban J connectivity index is 1.71. The number of hydrogen-bond acceptors (Lipinski definition) is 3. The Hall–Kier alpha value is -1.89. The first kappa shape index (κ1) is 13.1. The zero-order valence-electron chi connectivity index (χ0n) is 11.7. The van der Waals surface area contributed by atoms with E-state index in [0.29, 0.717) is 13.2 Å². The molecule has 20 heavy (non-hydrogen) atoms. The molecule has 0 spiro atoms. The minimum Gasteiger partial charge on any atom is -0.378 e. The number of nitriles is 1. The van der Waals surface area contributed by atoms with Gasteiger partial charge in [0.1, 0.15) is 5.41 Å². The van der Waals surface area contributed by atoms with E-state index in [0.717, 1.165) is 13.1 Å². The van der Waals surface area contributed by atoms with Crippen LogP contribution in [-0.4, -0.2) is 31.7 Å². The lowest BCUT2D eigenvalue weighted by Gasteiger charge is -2.38. The molecule has 3 rings (SSSR count). The van der Waals surface area contributed by atoms with Gasteiger partial charge in [-0.2, -0.15) is 5.26 Å².